The minimum atomic E-state index is 0.0280. The molecule has 3 heterocycles. The normalized spacial score (nSPS) is 20.8. The van der Waals surface area contributed by atoms with Crippen LogP contribution in [0, 0.1) is 5.92 Å². The Morgan fingerprint density at radius 3 is 2.60 bits per heavy atom. The fourth-order valence-corrected chi connectivity index (χ4v) is 4.65. The number of rotatable bonds is 6. The number of likely N-dealkylation sites (tertiary alicyclic amines) is 2. The number of aromatic amines is 1. The van der Waals surface area contributed by atoms with Crippen molar-refractivity contribution in [3.8, 4) is 0 Å². The topological polar surface area (TPSA) is 81.3 Å². The van der Waals surface area contributed by atoms with E-state index >= 15 is 0 Å². The number of aromatic nitrogens is 2. The molecule has 160 valence electrons. The summed E-state index contributed by atoms with van der Waals surface area (Å²) in [6.45, 7) is 4.08. The molecular formula is C23H31N5O2. The van der Waals surface area contributed by atoms with E-state index in [1.807, 2.05) is 23.1 Å². The minimum Gasteiger partial charge on any atom is -0.355 e. The van der Waals surface area contributed by atoms with Crippen LogP contribution in [-0.2, 0) is 11.2 Å². The van der Waals surface area contributed by atoms with Gasteiger partial charge in [-0.15, -0.1) is 0 Å². The summed E-state index contributed by atoms with van der Waals surface area (Å²) >= 11 is 0. The largest absolute Gasteiger partial charge is 0.355 e. The van der Waals surface area contributed by atoms with Crippen LogP contribution in [0.5, 0.6) is 0 Å². The summed E-state index contributed by atoms with van der Waals surface area (Å²) < 4.78 is 0. The second-order valence-electron chi connectivity index (χ2n) is 8.35. The van der Waals surface area contributed by atoms with E-state index in [0.29, 0.717) is 18.3 Å². The van der Waals surface area contributed by atoms with Crippen LogP contribution < -0.4 is 5.32 Å². The molecule has 2 saturated heterocycles. The second kappa shape index (κ2) is 9.89. The lowest BCUT2D eigenvalue weighted by molar-refractivity contribution is -0.127. The van der Waals surface area contributed by atoms with Crippen molar-refractivity contribution in [3.05, 3.63) is 53.9 Å². The van der Waals surface area contributed by atoms with Crippen LogP contribution in [0.3, 0.4) is 0 Å². The first-order valence-corrected chi connectivity index (χ1v) is 11.0. The van der Waals surface area contributed by atoms with Crippen molar-refractivity contribution in [2.24, 2.45) is 5.92 Å². The molecule has 2 amide bonds. The molecule has 0 saturated carbocycles. The summed E-state index contributed by atoms with van der Waals surface area (Å²) in [5.41, 5.74) is 1.80. The Hall–Kier alpha value is -2.67. The van der Waals surface area contributed by atoms with Crippen LogP contribution in [0.2, 0.25) is 0 Å². The fourth-order valence-electron chi connectivity index (χ4n) is 4.65. The number of nitrogens with zero attached hydrogens (tertiary/aromatic N) is 3. The van der Waals surface area contributed by atoms with Gasteiger partial charge < -0.3 is 10.2 Å². The maximum Gasteiger partial charge on any atom is 0.271 e. The number of benzene rings is 1. The van der Waals surface area contributed by atoms with E-state index in [4.69, 9.17) is 0 Å². The first-order chi connectivity index (χ1) is 14.7. The molecule has 0 aliphatic carbocycles. The van der Waals surface area contributed by atoms with Crippen LogP contribution in [-0.4, -0.2) is 70.6 Å². The van der Waals surface area contributed by atoms with E-state index < -0.39 is 0 Å². The zero-order valence-corrected chi connectivity index (χ0v) is 17.4. The zero-order chi connectivity index (χ0) is 20.8. The van der Waals surface area contributed by atoms with Crippen molar-refractivity contribution in [3.63, 3.8) is 0 Å². The molecule has 2 aromatic rings. The van der Waals surface area contributed by atoms with Crippen molar-refractivity contribution >= 4 is 11.8 Å². The molecule has 1 atom stereocenters. The van der Waals surface area contributed by atoms with Gasteiger partial charge >= 0.3 is 0 Å². The summed E-state index contributed by atoms with van der Waals surface area (Å²) in [6, 6.07) is 12.4. The highest BCUT2D eigenvalue weighted by molar-refractivity contribution is 5.92. The second-order valence-corrected chi connectivity index (χ2v) is 8.35. The number of amides is 2. The van der Waals surface area contributed by atoms with Crippen molar-refractivity contribution in [1.82, 2.24) is 25.3 Å². The number of hydrogen-bond acceptors (Lipinski definition) is 4. The molecule has 30 heavy (non-hydrogen) atoms. The Labute approximate surface area is 177 Å². The molecule has 0 bridgehead atoms. The van der Waals surface area contributed by atoms with Crippen LogP contribution in [0.25, 0.3) is 0 Å². The third-order valence-electron chi connectivity index (χ3n) is 6.38. The average molecular weight is 410 g/mol. The molecule has 2 N–H and O–H groups in total. The molecule has 7 nitrogen and oxygen atoms in total. The van der Waals surface area contributed by atoms with Crippen LogP contribution >= 0.6 is 0 Å². The molecule has 2 aliphatic heterocycles. The van der Waals surface area contributed by atoms with Gasteiger partial charge in [-0.1, -0.05) is 30.3 Å². The molecule has 7 heteroatoms. The van der Waals surface area contributed by atoms with Gasteiger partial charge in [0.05, 0.1) is 5.92 Å². The predicted molar refractivity (Wildman–Crippen MR) is 115 cm³/mol. The van der Waals surface area contributed by atoms with Crippen molar-refractivity contribution in [1.29, 1.82) is 0 Å². The summed E-state index contributed by atoms with van der Waals surface area (Å²) in [7, 11) is 0. The summed E-state index contributed by atoms with van der Waals surface area (Å²) in [6.07, 6.45) is 6.42. The Kier molecular flexibility index (Phi) is 6.79. The van der Waals surface area contributed by atoms with E-state index in [-0.39, 0.29) is 17.7 Å². The van der Waals surface area contributed by atoms with E-state index in [2.05, 4.69) is 32.5 Å². The molecule has 1 aromatic carbocycles. The number of carbonyl (C=O) groups is 2. The summed E-state index contributed by atoms with van der Waals surface area (Å²) in [5.74, 6) is 0.280. The smallest absolute Gasteiger partial charge is 0.271 e. The standard InChI is InChI=1S/C23H31N5O2/c29-22(24-12-8-18-5-2-1-3-6-18)19-7-4-14-28(17-19)20-10-15-27(16-11-20)23(30)21-9-13-25-26-21/h1-3,5-6,9,13,19-20H,4,7-8,10-12,14-17H2,(H,24,29)(H,25,26)/t19-/m1/s1. The lowest BCUT2D eigenvalue weighted by atomic mass is 9.93. The number of H-pyrrole nitrogens is 1. The van der Waals surface area contributed by atoms with Crippen molar-refractivity contribution in [2.75, 3.05) is 32.7 Å². The maximum atomic E-state index is 12.7. The highest BCUT2D eigenvalue weighted by Gasteiger charge is 2.32. The first-order valence-electron chi connectivity index (χ1n) is 11.0. The van der Waals surface area contributed by atoms with Crippen LogP contribution in [0.15, 0.2) is 42.6 Å². The number of nitrogens with one attached hydrogen (secondary N) is 2. The molecule has 2 fully saturated rings. The van der Waals surface area contributed by atoms with Gasteiger partial charge in [0.2, 0.25) is 5.91 Å². The highest BCUT2D eigenvalue weighted by atomic mass is 16.2. The number of carbonyl (C=O) groups excluding carboxylic acids is 2. The van der Waals surface area contributed by atoms with Crippen LogP contribution in [0.1, 0.15) is 41.7 Å². The number of piperidine rings is 2. The van der Waals surface area contributed by atoms with E-state index in [9.17, 15) is 9.59 Å². The van der Waals surface area contributed by atoms with E-state index in [0.717, 1.165) is 58.3 Å². The van der Waals surface area contributed by atoms with Crippen LogP contribution in [0.4, 0.5) is 0 Å². The Morgan fingerprint density at radius 2 is 1.87 bits per heavy atom. The van der Waals surface area contributed by atoms with Gasteiger partial charge in [-0.3, -0.25) is 19.6 Å². The van der Waals surface area contributed by atoms with Gasteiger partial charge in [0, 0.05) is 38.4 Å². The van der Waals surface area contributed by atoms with Crippen molar-refractivity contribution < 1.29 is 9.59 Å². The van der Waals surface area contributed by atoms with Gasteiger partial charge in [-0.05, 0) is 50.3 Å². The third kappa shape index (κ3) is 5.08. The SMILES string of the molecule is O=C(NCCc1ccccc1)[C@@H]1CCCN(C2CCN(C(=O)c3ccn[nH]3)CC2)C1. The Balaban J connectivity index is 1.22. The maximum absolute atomic E-state index is 12.7. The predicted octanol–water partition coefficient (Wildman–Crippen LogP) is 2.09. The fraction of sp³-hybridized carbons (Fsp3) is 0.522. The van der Waals surface area contributed by atoms with E-state index in [1.54, 1.807) is 12.3 Å². The lowest BCUT2D eigenvalue weighted by Crippen LogP contribution is -2.51. The Bertz CT molecular complexity index is 815. The van der Waals surface area contributed by atoms with Crippen molar-refractivity contribution in [2.45, 2.75) is 38.1 Å². The monoisotopic (exact) mass is 409 g/mol. The van der Waals surface area contributed by atoms with Gasteiger partial charge in [-0.2, -0.15) is 5.10 Å². The number of hydrogen-bond donors (Lipinski definition) is 2. The summed E-state index contributed by atoms with van der Waals surface area (Å²) in [5, 5.41) is 9.76. The molecular weight excluding hydrogens is 378 g/mol. The highest BCUT2D eigenvalue weighted by Crippen LogP contribution is 2.24. The third-order valence-corrected chi connectivity index (χ3v) is 6.38. The molecule has 0 radical (unpaired) electrons. The summed E-state index contributed by atoms with van der Waals surface area (Å²) in [4.78, 5) is 29.5. The van der Waals surface area contributed by atoms with Gasteiger partial charge in [0.1, 0.15) is 5.69 Å². The van der Waals surface area contributed by atoms with E-state index in [1.165, 1.54) is 5.56 Å². The molecule has 0 spiro atoms. The quantitative estimate of drug-likeness (QED) is 0.766. The minimum absolute atomic E-state index is 0.0280. The Morgan fingerprint density at radius 1 is 1.07 bits per heavy atom. The zero-order valence-electron chi connectivity index (χ0n) is 17.4. The lowest BCUT2D eigenvalue weighted by Gasteiger charge is -2.42. The average Bonchev–Trinajstić information content (AvgIpc) is 3.34. The molecule has 4 rings (SSSR count). The first kappa shape index (κ1) is 20.6. The van der Waals surface area contributed by atoms with Gasteiger partial charge in [0.15, 0.2) is 0 Å². The molecule has 0 unspecified atom stereocenters. The molecule has 2 aliphatic rings. The van der Waals surface area contributed by atoms with Gasteiger partial charge in [-0.25, -0.2) is 0 Å². The van der Waals surface area contributed by atoms with Gasteiger partial charge in [0.25, 0.3) is 5.91 Å². The molecule has 1 aromatic heterocycles.